The first-order chi connectivity index (χ1) is 12.5. The molecule has 2 heterocycles. The normalized spacial score (nSPS) is 15.0. The van der Waals surface area contributed by atoms with Crippen molar-refractivity contribution < 1.29 is 4.79 Å². The van der Waals surface area contributed by atoms with Gasteiger partial charge < -0.3 is 5.32 Å². The van der Waals surface area contributed by atoms with Crippen LogP contribution in [0.1, 0.15) is 56.9 Å². The molecule has 1 aliphatic rings. The average molecular weight is 394 g/mol. The average Bonchev–Trinajstić information content (AvgIpc) is 2.98. The number of aromatic nitrogens is 2. The van der Waals surface area contributed by atoms with Gasteiger partial charge in [-0.3, -0.25) is 14.2 Å². The molecule has 1 atom stereocenters. The summed E-state index contributed by atoms with van der Waals surface area (Å²) in [5, 5.41) is 4.48. The highest BCUT2D eigenvalue weighted by Gasteiger charge is 2.22. The highest BCUT2D eigenvalue weighted by Crippen LogP contribution is 2.34. The van der Waals surface area contributed by atoms with Crippen LogP contribution in [0.25, 0.3) is 10.2 Å². The number of nitrogens with zero attached hydrogens (tertiary/aromatic N) is 2. The van der Waals surface area contributed by atoms with E-state index in [1.807, 2.05) is 13.8 Å². The molecule has 1 aliphatic carbocycles. The highest BCUT2D eigenvalue weighted by atomic mass is 32.2. The fraction of sp³-hybridized carbons (Fsp3) is 0.632. The number of fused-ring (bicyclic) bond motifs is 3. The number of thiophene rings is 1. The Bertz CT molecular complexity index is 857. The first-order valence-corrected chi connectivity index (χ1v) is 11.3. The number of hydrogen-bond donors (Lipinski definition) is 1. The minimum absolute atomic E-state index is 0.00146. The van der Waals surface area contributed by atoms with Crippen LogP contribution in [0, 0.1) is 0 Å². The van der Waals surface area contributed by atoms with Crippen LogP contribution >= 0.6 is 23.1 Å². The molecule has 0 fully saturated rings. The Morgan fingerprint density at radius 2 is 2.12 bits per heavy atom. The van der Waals surface area contributed by atoms with Crippen molar-refractivity contribution >= 4 is 39.2 Å². The number of hydrogen-bond acceptors (Lipinski definition) is 5. The predicted molar refractivity (Wildman–Crippen MR) is 109 cm³/mol. The zero-order chi connectivity index (χ0) is 18.7. The van der Waals surface area contributed by atoms with Crippen molar-refractivity contribution in [3.8, 4) is 0 Å². The van der Waals surface area contributed by atoms with Crippen molar-refractivity contribution in [3.05, 3.63) is 20.8 Å². The molecule has 2 aromatic heterocycles. The first-order valence-electron chi connectivity index (χ1n) is 9.52. The molecule has 0 saturated heterocycles. The molecule has 0 aromatic carbocycles. The van der Waals surface area contributed by atoms with E-state index in [0.717, 1.165) is 42.3 Å². The summed E-state index contributed by atoms with van der Waals surface area (Å²) < 4.78 is 1.72. The smallest absolute Gasteiger partial charge is 0.263 e. The van der Waals surface area contributed by atoms with Crippen LogP contribution in [0.3, 0.4) is 0 Å². The fourth-order valence-electron chi connectivity index (χ4n) is 3.56. The van der Waals surface area contributed by atoms with Crippen LogP contribution < -0.4 is 10.9 Å². The highest BCUT2D eigenvalue weighted by molar-refractivity contribution is 7.99. The molecular formula is C19H27N3O2S2. The van der Waals surface area contributed by atoms with Gasteiger partial charge in [-0.15, -0.1) is 11.3 Å². The van der Waals surface area contributed by atoms with Gasteiger partial charge in [0.1, 0.15) is 4.83 Å². The molecule has 1 N–H and O–H groups in total. The number of nitrogens with one attached hydrogen (secondary N) is 1. The van der Waals surface area contributed by atoms with Crippen molar-refractivity contribution in [1.29, 1.82) is 0 Å². The van der Waals surface area contributed by atoms with Crippen molar-refractivity contribution in [2.45, 2.75) is 77.0 Å². The van der Waals surface area contributed by atoms with E-state index in [0.29, 0.717) is 11.7 Å². The summed E-state index contributed by atoms with van der Waals surface area (Å²) in [6.07, 6.45) is 6.41. The van der Waals surface area contributed by atoms with Crippen LogP contribution in [-0.4, -0.2) is 27.3 Å². The van der Waals surface area contributed by atoms with Crippen molar-refractivity contribution in [2.24, 2.45) is 0 Å². The Morgan fingerprint density at radius 3 is 2.85 bits per heavy atom. The van der Waals surface area contributed by atoms with Crippen molar-refractivity contribution in [3.63, 3.8) is 0 Å². The second kappa shape index (κ2) is 8.57. The zero-order valence-corrected chi connectivity index (χ0v) is 17.4. The predicted octanol–water partition coefficient (Wildman–Crippen LogP) is 3.75. The summed E-state index contributed by atoms with van der Waals surface area (Å²) in [7, 11) is 0. The van der Waals surface area contributed by atoms with E-state index < -0.39 is 0 Å². The summed E-state index contributed by atoms with van der Waals surface area (Å²) in [6, 6.07) is 0.181. The van der Waals surface area contributed by atoms with Crippen LogP contribution in [-0.2, 0) is 24.2 Å². The molecule has 0 saturated carbocycles. The number of aryl methyl sites for hydroxylation is 2. The maximum atomic E-state index is 13.0. The first kappa shape index (κ1) is 19.4. The van der Waals surface area contributed by atoms with Crippen LogP contribution in [0.2, 0.25) is 0 Å². The minimum Gasteiger partial charge on any atom is -0.353 e. The zero-order valence-electron chi connectivity index (χ0n) is 15.8. The van der Waals surface area contributed by atoms with Gasteiger partial charge in [-0.05, 0) is 51.5 Å². The lowest BCUT2D eigenvalue weighted by Crippen LogP contribution is -2.34. The molecule has 0 bridgehead atoms. The van der Waals surface area contributed by atoms with Crippen molar-refractivity contribution in [2.75, 3.05) is 5.75 Å². The number of rotatable bonds is 7. The van der Waals surface area contributed by atoms with Gasteiger partial charge in [0, 0.05) is 17.5 Å². The third-order valence-electron chi connectivity index (χ3n) is 4.82. The number of carbonyl (C=O) groups is 1. The van der Waals surface area contributed by atoms with Gasteiger partial charge in [-0.2, -0.15) is 0 Å². The molecule has 142 valence electrons. The van der Waals surface area contributed by atoms with Gasteiger partial charge in [0.15, 0.2) is 5.16 Å². The summed E-state index contributed by atoms with van der Waals surface area (Å²) in [5.41, 5.74) is 1.28. The Hall–Kier alpha value is -1.34. The second-order valence-corrected chi connectivity index (χ2v) is 8.91. The maximum absolute atomic E-state index is 13.0. The summed E-state index contributed by atoms with van der Waals surface area (Å²) in [6.45, 7) is 6.66. The van der Waals surface area contributed by atoms with E-state index >= 15 is 0 Å². The molecular weight excluding hydrogens is 366 g/mol. The minimum atomic E-state index is -0.00146. The molecule has 0 spiro atoms. The third kappa shape index (κ3) is 3.98. The van der Waals surface area contributed by atoms with Crippen molar-refractivity contribution in [1.82, 2.24) is 14.9 Å². The van der Waals surface area contributed by atoms with Gasteiger partial charge in [-0.1, -0.05) is 25.1 Å². The number of amides is 1. The third-order valence-corrected chi connectivity index (χ3v) is 6.98. The van der Waals surface area contributed by atoms with E-state index in [-0.39, 0.29) is 23.3 Å². The lowest BCUT2D eigenvalue weighted by atomic mass is 9.97. The van der Waals surface area contributed by atoms with E-state index in [1.54, 1.807) is 15.9 Å². The Morgan fingerprint density at radius 1 is 1.35 bits per heavy atom. The Labute approximate surface area is 162 Å². The quantitative estimate of drug-likeness (QED) is 0.575. The van der Waals surface area contributed by atoms with Gasteiger partial charge >= 0.3 is 0 Å². The molecule has 1 unspecified atom stereocenters. The standard InChI is InChI=1S/C19H27N3O2S2/c1-4-8-12(3)20-15(23)11-25-19-21-17-16(18(24)22(19)5-2)13-9-6-7-10-14(13)26-17/h12H,4-11H2,1-3H3,(H,20,23). The SMILES string of the molecule is CCCC(C)NC(=O)CSc1nc2sc3c(c2c(=O)n1CC)CCCC3. The number of carbonyl (C=O) groups excluding carboxylic acids is 1. The fourth-order valence-corrected chi connectivity index (χ4v) is 5.74. The largest absolute Gasteiger partial charge is 0.353 e. The van der Waals surface area contributed by atoms with Crippen LogP contribution in [0.5, 0.6) is 0 Å². The maximum Gasteiger partial charge on any atom is 0.263 e. The lowest BCUT2D eigenvalue weighted by molar-refractivity contribution is -0.119. The van der Waals surface area contributed by atoms with E-state index in [4.69, 9.17) is 4.98 Å². The van der Waals surface area contributed by atoms with E-state index in [2.05, 4.69) is 12.2 Å². The van der Waals surface area contributed by atoms with E-state index in [1.165, 1.54) is 28.6 Å². The molecule has 7 heteroatoms. The van der Waals surface area contributed by atoms with Gasteiger partial charge in [0.2, 0.25) is 5.91 Å². The second-order valence-electron chi connectivity index (χ2n) is 6.88. The molecule has 1 amide bonds. The molecule has 2 aromatic rings. The number of thioether (sulfide) groups is 1. The van der Waals surface area contributed by atoms with Gasteiger partial charge in [0.05, 0.1) is 11.1 Å². The van der Waals surface area contributed by atoms with Gasteiger partial charge in [-0.25, -0.2) is 4.98 Å². The monoisotopic (exact) mass is 393 g/mol. The van der Waals surface area contributed by atoms with Crippen LogP contribution in [0.4, 0.5) is 0 Å². The molecule has 0 aliphatic heterocycles. The van der Waals surface area contributed by atoms with E-state index in [9.17, 15) is 9.59 Å². The Balaban J connectivity index is 1.84. The molecule has 0 radical (unpaired) electrons. The molecule has 5 nitrogen and oxygen atoms in total. The lowest BCUT2D eigenvalue weighted by Gasteiger charge is -2.14. The summed E-state index contributed by atoms with van der Waals surface area (Å²) in [5.74, 6) is 0.287. The summed E-state index contributed by atoms with van der Waals surface area (Å²) >= 11 is 3.02. The Kier molecular flexibility index (Phi) is 6.40. The molecule has 26 heavy (non-hydrogen) atoms. The summed E-state index contributed by atoms with van der Waals surface area (Å²) in [4.78, 5) is 32.1. The van der Waals surface area contributed by atoms with Gasteiger partial charge in [0.25, 0.3) is 5.56 Å². The molecule has 3 rings (SSSR count). The topological polar surface area (TPSA) is 64.0 Å². The van der Waals surface area contributed by atoms with Crippen LogP contribution in [0.15, 0.2) is 9.95 Å².